The summed E-state index contributed by atoms with van der Waals surface area (Å²) in [6.07, 6.45) is 1.15. The molecule has 0 saturated carbocycles. The molecule has 6 nitrogen and oxygen atoms in total. The molecule has 2 aromatic carbocycles. The van der Waals surface area contributed by atoms with Crippen molar-refractivity contribution in [3.05, 3.63) is 56.8 Å². The van der Waals surface area contributed by atoms with Gasteiger partial charge >= 0.3 is 0 Å². The largest absolute Gasteiger partial charge is 0.383 e. The van der Waals surface area contributed by atoms with Gasteiger partial charge in [-0.1, -0.05) is 34.5 Å². The second-order valence-corrected chi connectivity index (χ2v) is 9.84. The average molecular weight is 459 g/mol. The summed E-state index contributed by atoms with van der Waals surface area (Å²) in [5.41, 5.74) is 0.958. The van der Waals surface area contributed by atoms with E-state index in [4.69, 9.17) is 27.9 Å². The molecular weight excluding hydrogens is 443 g/mol. The van der Waals surface area contributed by atoms with E-state index in [0.717, 1.165) is 11.8 Å². The van der Waals surface area contributed by atoms with Gasteiger partial charge in [0.25, 0.3) is 5.91 Å². The first-order valence-corrected chi connectivity index (χ1v) is 11.5. The molecule has 0 spiro atoms. The van der Waals surface area contributed by atoms with E-state index < -0.39 is 15.7 Å². The van der Waals surface area contributed by atoms with Crippen LogP contribution in [0.3, 0.4) is 0 Å². The lowest BCUT2D eigenvalue weighted by Gasteiger charge is -2.05. The number of hydrogen-bond acceptors (Lipinski definition) is 5. The van der Waals surface area contributed by atoms with Crippen LogP contribution in [0.25, 0.3) is 10.2 Å². The van der Waals surface area contributed by atoms with Gasteiger partial charge < -0.3 is 9.30 Å². The number of sulfone groups is 1. The van der Waals surface area contributed by atoms with Crippen molar-refractivity contribution < 1.29 is 17.9 Å². The zero-order chi connectivity index (χ0) is 20.5. The Labute approximate surface area is 175 Å². The predicted molar refractivity (Wildman–Crippen MR) is 111 cm³/mol. The quantitative estimate of drug-likeness (QED) is 0.582. The van der Waals surface area contributed by atoms with Crippen molar-refractivity contribution in [3.8, 4) is 0 Å². The molecule has 10 heteroatoms. The molecule has 1 aromatic heterocycles. The van der Waals surface area contributed by atoms with Crippen molar-refractivity contribution in [3.63, 3.8) is 0 Å². The van der Waals surface area contributed by atoms with Crippen molar-refractivity contribution in [1.29, 1.82) is 0 Å². The Kier molecular flexibility index (Phi) is 6.26. The number of thiazole rings is 1. The first-order chi connectivity index (χ1) is 13.2. The summed E-state index contributed by atoms with van der Waals surface area (Å²) in [6.45, 7) is 0.850. The summed E-state index contributed by atoms with van der Waals surface area (Å²) in [5, 5.41) is 0.631. The average Bonchev–Trinajstić information content (AvgIpc) is 2.97. The highest BCUT2D eigenvalue weighted by Crippen LogP contribution is 2.23. The minimum absolute atomic E-state index is 0.196. The maximum absolute atomic E-state index is 12.7. The molecule has 0 N–H and O–H groups in total. The van der Waals surface area contributed by atoms with Crippen molar-refractivity contribution in [2.75, 3.05) is 20.0 Å². The van der Waals surface area contributed by atoms with Crippen LogP contribution in [-0.4, -0.2) is 38.9 Å². The summed E-state index contributed by atoms with van der Waals surface area (Å²) in [7, 11) is -1.77. The van der Waals surface area contributed by atoms with E-state index in [1.165, 1.54) is 29.5 Å². The fraction of sp³-hybridized carbons (Fsp3) is 0.222. The van der Waals surface area contributed by atoms with Gasteiger partial charge in [0.2, 0.25) is 0 Å². The second kappa shape index (κ2) is 8.34. The molecule has 1 amide bonds. The molecule has 148 valence electrons. The van der Waals surface area contributed by atoms with Crippen LogP contribution in [0.15, 0.2) is 46.3 Å². The minimum atomic E-state index is -3.35. The summed E-state index contributed by atoms with van der Waals surface area (Å²) >= 11 is 13.3. The Morgan fingerprint density at radius 3 is 2.64 bits per heavy atom. The number of halogens is 2. The van der Waals surface area contributed by atoms with Gasteiger partial charge in [-0.2, -0.15) is 4.99 Å². The summed E-state index contributed by atoms with van der Waals surface area (Å²) < 4.78 is 31.3. The number of fused-ring (bicyclic) bond motifs is 1. The molecule has 0 radical (unpaired) electrons. The summed E-state index contributed by atoms with van der Waals surface area (Å²) in [6, 6.07) is 9.40. The minimum Gasteiger partial charge on any atom is -0.383 e. The highest BCUT2D eigenvalue weighted by molar-refractivity contribution is 7.90. The molecule has 0 aliphatic carbocycles. The lowest BCUT2D eigenvalue weighted by atomic mass is 10.2. The van der Waals surface area contributed by atoms with Gasteiger partial charge in [0, 0.05) is 24.9 Å². The lowest BCUT2D eigenvalue weighted by Crippen LogP contribution is -2.19. The van der Waals surface area contributed by atoms with E-state index in [-0.39, 0.29) is 15.5 Å². The van der Waals surface area contributed by atoms with Crippen LogP contribution >= 0.6 is 34.5 Å². The highest BCUT2D eigenvalue weighted by Gasteiger charge is 2.15. The zero-order valence-electron chi connectivity index (χ0n) is 15.0. The van der Waals surface area contributed by atoms with Gasteiger partial charge in [-0.05, 0) is 36.4 Å². The number of methoxy groups -OCH3 is 1. The third-order valence-corrected chi connectivity index (χ3v) is 6.67. The highest BCUT2D eigenvalue weighted by atomic mass is 35.5. The van der Waals surface area contributed by atoms with Crippen LogP contribution in [0, 0.1) is 0 Å². The van der Waals surface area contributed by atoms with Crippen LogP contribution in [0.5, 0.6) is 0 Å². The van der Waals surface area contributed by atoms with Gasteiger partial charge in [-0.25, -0.2) is 8.42 Å². The fourth-order valence-electron chi connectivity index (χ4n) is 2.58. The number of ether oxygens (including phenoxy) is 1. The Morgan fingerprint density at radius 2 is 1.96 bits per heavy atom. The van der Waals surface area contributed by atoms with Gasteiger partial charge in [-0.15, -0.1) is 0 Å². The molecule has 0 aliphatic rings. The number of carbonyl (C=O) groups is 1. The fourth-order valence-corrected chi connectivity index (χ4v) is 4.76. The Bertz CT molecular complexity index is 1230. The molecule has 0 bridgehead atoms. The van der Waals surface area contributed by atoms with Crippen molar-refractivity contribution >= 4 is 60.5 Å². The summed E-state index contributed by atoms with van der Waals surface area (Å²) in [5.74, 6) is -0.534. The van der Waals surface area contributed by atoms with Gasteiger partial charge in [0.15, 0.2) is 14.6 Å². The van der Waals surface area contributed by atoms with Crippen LogP contribution in [0.4, 0.5) is 0 Å². The Balaban J connectivity index is 2.18. The van der Waals surface area contributed by atoms with Crippen molar-refractivity contribution in [1.82, 2.24) is 4.57 Å². The molecule has 3 rings (SSSR count). The number of benzene rings is 2. The van der Waals surface area contributed by atoms with Crippen LogP contribution in [0.2, 0.25) is 10.0 Å². The maximum atomic E-state index is 12.7. The third-order valence-electron chi connectivity index (χ3n) is 3.96. The second-order valence-electron chi connectivity index (χ2n) is 5.97. The standard InChI is InChI=1S/C18H16Cl2N2O4S2/c1-26-8-7-22-15-6-4-12(28(2,24)25)10-16(15)27-18(22)21-17(23)13-9-11(19)3-5-14(13)20/h3-6,9-10H,7-8H2,1-2H3. The topological polar surface area (TPSA) is 77.7 Å². The Hall–Kier alpha value is -1.71. The molecule has 0 unspecified atom stereocenters. The number of aromatic nitrogens is 1. The number of rotatable bonds is 5. The number of carbonyl (C=O) groups excluding carboxylic acids is 1. The molecule has 0 fully saturated rings. The van der Waals surface area contributed by atoms with Gasteiger partial charge in [0.1, 0.15) is 0 Å². The van der Waals surface area contributed by atoms with E-state index >= 15 is 0 Å². The molecule has 1 heterocycles. The first-order valence-electron chi connectivity index (χ1n) is 8.07. The molecule has 0 aliphatic heterocycles. The molecular formula is C18H16Cl2N2O4S2. The van der Waals surface area contributed by atoms with Gasteiger partial charge in [0.05, 0.1) is 32.3 Å². The van der Waals surface area contributed by atoms with E-state index in [9.17, 15) is 13.2 Å². The number of nitrogens with zero attached hydrogens (tertiary/aromatic N) is 2. The third kappa shape index (κ3) is 4.47. The number of hydrogen-bond donors (Lipinski definition) is 0. The van der Waals surface area contributed by atoms with E-state index in [1.807, 2.05) is 4.57 Å². The summed E-state index contributed by atoms with van der Waals surface area (Å²) in [4.78, 5) is 17.5. The van der Waals surface area contributed by atoms with E-state index in [0.29, 0.717) is 27.7 Å². The number of amides is 1. The van der Waals surface area contributed by atoms with Crippen LogP contribution in [0.1, 0.15) is 10.4 Å². The Morgan fingerprint density at radius 1 is 1.21 bits per heavy atom. The molecule has 0 atom stereocenters. The molecule has 28 heavy (non-hydrogen) atoms. The van der Waals surface area contributed by atoms with E-state index in [1.54, 1.807) is 25.3 Å². The van der Waals surface area contributed by atoms with E-state index in [2.05, 4.69) is 4.99 Å². The maximum Gasteiger partial charge on any atom is 0.281 e. The normalized spacial score (nSPS) is 12.6. The van der Waals surface area contributed by atoms with Crippen LogP contribution < -0.4 is 4.80 Å². The molecule has 0 saturated heterocycles. The van der Waals surface area contributed by atoms with Crippen molar-refractivity contribution in [2.24, 2.45) is 4.99 Å². The monoisotopic (exact) mass is 458 g/mol. The lowest BCUT2D eigenvalue weighted by molar-refractivity contribution is 0.0997. The first kappa shape index (κ1) is 21.0. The molecule has 3 aromatic rings. The van der Waals surface area contributed by atoms with Gasteiger partial charge in [-0.3, -0.25) is 4.79 Å². The SMILES string of the molecule is COCCn1c(=NC(=O)c2cc(Cl)ccc2Cl)sc2cc(S(C)(=O)=O)ccc21. The predicted octanol–water partition coefficient (Wildman–Crippen LogP) is 3.80. The van der Waals surface area contributed by atoms with Crippen LogP contribution in [-0.2, 0) is 21.1 Å². The zero-order valence-corrected chi connectivity index (χ0v) is 18.1. The smallest absolute Gasteiger partial charge is 0.281 e. The van der Waals surface area contributed by atoms with Crippen molar-refractivity contribution in [2.45, 2.75) is 11.4 Å².